The number of carboxylic acids is 1. The summed E-state index contributed by atoms with van der Waals surface area (Å²) in [6.07, 6.45) is 0. The molecule has 0 amide bonds. The first-order valence-electron chi connectivity index (χ1n) is 2.21. The van der Waals surface area contributed by atoms with Gasteiger partial charge in [-0.2, -0.15) is 0 Å². The number of hydrogen-bond donors (Lipinski definition) is 1. The Morgan fingerprint density at radius 1 is 1.78 bits per heavy atom. The van der Waals surface area contributed by atoms with Crippen LogP contribution in [0.1, 0.15) is 0 Å². The average Bonchev–Trinajstić information content (AvgIpc) is 2.12. The quantitative estimate of drug-likeness (QED) is 0.522. The first kappa shape index (κ1) is 9.49. The van der Waals surface area contributed by atoms with Gasteiger partial charge in [-0.1, -0.05) is 11.8 Å². The molecule has 0 radical (unpaired) electrons. The van der Waals surface area contributed by atoms with Gasteiger partial charge in [-0.25, -0.2) is 4.79 Å². The number of aliphatic imine (C=N–C) groups is 1. The summed E-state index contributed by atoms with van der Waals surface area (Å²) in [6.45, 7) is 0.659. The molecule has 0 aromatic carbocycles. The van der Waals surface area contributed by atoms with Crippen LogP contribution in [0.15, 0.2) is 4.99 Å². The van der Waals surface area contributed by atoms with Crippen molar-refractivity contribution in [2.24, 2.45) is 4.99 Å². The van der Waals surface area contributed by atoms with Gasteiger partial charge in [0.25, 0.3) is 0 Å². The van der Waals surface area contributed by atoms with Gasteiger partial charge in [0.1, 0.15) is 0 Å². The van der Waals surface area contributed by atoms with Crippen molar-refractivity contribution in [1.29, 1.82) is 0 Å². The molecule has 0 aliphatic carbocycles. The van der Waals surface area contributed by atoms with Gasteiger partial charge in [-0.05, 0) is 0 Å². The number of hydrogen-bond acceptors (Lipinski definition) is 3. The second-order valence-corrected chi connectivity index (χ2v) is 2.42. The van der Waals surface area contributed by atoms with Gasteiger partial charge in [0.2, 0.25) is 0 Å². The number of carbonyl (C=O) groups is 1. The van der Waals surface area contributed by atoms with E-state index in [1.54, 1.807) is 0 Å². The van der Waals surface area contributed by atoms with Crippen molar-refractivity contribution in [3.63, 3.8) is 0 Å². The minimum absolute atomic E-state index is 0. The van der Waals surface area contributed by atoms with Crippen LogP contribution in [0.4, 0.5) is 0 Å². The summed E-state index contributed by atoms with van der Waals surface area (Å²) in [5.41, 5.74) is 0. The third-order valence-electron chi connectivity index (χ3n) is 0.768. The summed E-state index contributed by atoms with van der Waals surface area (Å²) in [5, 5.41) is 8.52. The van der Waals surface area contributed by atoms with Crippen molar-refractivity contribution in [1.82, 2.24) is 0 Å². The van der Waals surface area contributed by atoms with Crippen molar-refractivity contribution in [2.75, 3.05) is 12.3 Å². The molecule has 3 nitrogen and oxygen atoms in total. The Morgan fingerprint density at radius 2 is 2.44 bits per heavy atom. The van der Waals surface area contributed by atoms with Crippen molar-refractivity contribution in [3.05, 3.63) is 0 Å². The molecule has 46 valence electrons. The monoisotopic (exact) mass is 155 g/mol. The molecule has 0 spiro atoms. The zero-order chi connectivity index (χ0) is 5.98. The standard InChI is InChI=1S/C4H5NO2S.Na.H/c6-4(7)3-5-1-2-8-3;;/h1-2H2,(H,6,7);;. The molecule has 5 heteroatoms. The summed E-state index contributed by atoms with van der Waals surface area (Å²) in [5.74, 6) is -0.0748. The Labute approximate surface area is 79.2 Å². The Kier molecular flexibility index (Phi) is 4.56. The summed E-state index contributed by atoms with van der Waals surface area (Å²) in [4.78, 5) is 13.8. The molecule has 0 atom stereocenters. The fourth-order valence-electron chi connectivity index (χ4n) is 0.465. The van der Waals surface area contributed by atoms with E-state index in [0.717, 1.165) is 5.75 Å². The Balaban J connectivity index is 0.000000640. The first-order valence-corrected chi connectivity index (χ1v) is 3.20. The Hall–Kier alpha value is 0.490. The van der Waals surface area contributed by atoms with E-state index in [1.165, 1.54) is 11.8 Å². The number of aliphatic carboxylic acids is 1. The second kappa shape index (κ2) is 4.33. The van der Waals surface area contributed by atoms with Gasteiger partial charge < -0.3 is 5.11 Å². The third kappa shape index (κ3) is 2.71. The van der Waals surface area contributed by atoms with E-state index in [0.29, 0.717) is 6.54 Å². The van der Waals surface area contributed by atoms with Crippen molar-refractivity contribution in [2.45, 2.75) is 0 Å². The molecule has 1 aliphatic rings. The molecule has 0 saturated heterocycles. The SMILES string of the molecule is O=C(O)C1=NCCS1.[NaH]. The molecular weight excluding hydrogens is 149 g/mol. The predicted molar refractivity (Wildman–Crippen MR) is 39.5 cm³/mol. The van der Waals surface area contributed by atoms with Crippen LogP contribution in [-0.4, -0.2) is 58.0 Å². The minimum atomic E-state index is -0.896. The van der Waals surface area contributed by atoms with Crippen molar-refractivity contribution in [3.8, 4) is 0 Å². The van der Waals surface area contributed by atoms with E-state index >= 15 is 0 Å². The van der Waals surface area contributed by atoms with Crippen LogP contribution in [0.25, 0.3) is 0 Å². The van der Waals surface area contributed by atoms with Crippen LogP contribution in [-0.2, 0) is 4.79 Å². The van der Waals surface area contributed by atoms with Crippen LogP contribution >= 0.6 is 11.8 Å². The van der Waals surface area contributed by atoms with Gasteiger partial charge in [0, 0.05) is 12.3 Å². The van der Waals surface area contributed by atoms with Crippen LogP contribution < -0.4 is 0 Å². The molecule has 0 saturated carbocycles. The average molecular weight is 155 g/mol. The van der Waals surface area contributed by atoms with E-state index in [1.807, 2.05) is 0 Å². The zero-order valence-electron chi connectivity index (χ0n) is 4.13. The maximum atomic E-state index is 10.0. The van der Waals surface area contributed by atoms with Gasteiger partial charge in [0.05, 0.1) is 0 Å². The van der Waals surface area contributed by atoms with Crippen LogP contribution in [0.2, 0.25) is 0 Å². The topological polar surface area (TPSA) is 49.7 Å². The van der Waals surface area contributed by atoms with E-state index in [2.05, 4.69) is 4.99 Å². The van der Waals surface area contributed by atoms with Gasteiger partial charge in [-0.15, -0.1) is 0 Å². The summed E-state index contributed by atoms with van der Waals surface area (Å²) in [6, 6.07) is 0. The number of carboxylic acid groups (broad SMARTS) is 1. The molecule has 0 bridgehead atoms. The van der Waals surface area contributed by atoms with Crippen molar-refractivity contribution >= 4 is 52.3 Å². The van der Waals surface area contributed by atoms with Crippen LogP contribution in [0, 0.1) is 0 Å². The number of thioether (sulfide) groups is 1. The van der Waals surface area contributed by atoms with E-state index in [-0.39, 0.29) is 34.6 Å². The first-order chi connectivity index (χ1) is 3.80. The molecule has 0 unspecified atom stereocenters. The number of rotatable bonds is 1. The normalized spacial score (nSPS) is 16.2. The summed E-state index contributed by atoms with van der Waals surface area (Å²) in [7, 11) is 0. The molecule has 1 aliphatic heterocycles. The molecule has 1 N–H and O–H groups in total. The van der Waals surface area contributed by atoms with E-state index < -0.39 is 5.97 Å². The van der Waals surface area contributed by atoms with Gasteiger partial charge >= 0.3 is 35.5 Å². The molecule has 0 aromatic heterocycles. The molecule has 0 aromatic rings. The third-order valence-corrected chi connectivity index (χ3v) is 1.73. The van der Waals surface area contributed by atoms with Crippen molar-refractivity contribution < 1.29 is 9.90 Å². The number of nitrogens with zero attached hydrogens (tertiary/aromatic N) is 1. The van der Waals surface area contributed by atoms with E-state index in [4.69, 9.17) is 5.11 Å². The van der Waals surface area contributed by atoms with E-state index in [9.17, 15) is 4.79 Å². The molecule has 9 heavy (non-hydrogen) atoms. The summed E-state index contributed by atoms with van der Waals surface area (Å²) < 4.78 is 0. The zero-order valence-corrected chi connectivity index (χ0v) is 4.94. The van der Waals surface area contributed by atoms with Crippen LogP contribution in [0.5, 0.6) is 0 Å². The predicted octanol–water partition coefficient (Wildman–Crippen LogP) is -0.432. The van der Waals surface area contributed by atoms with Gasteiger partial charge in [-0.3, -0.25) is 4.99 Å². The maximum absolute atomic E-state index is 10.0. The second-order valence-electron chi connectivity index (χ2n) is 1.34. The summed E-state index contributed by atoms with van der Waals surface area (Å²) >= 11 is 1.30. The Morgan fingerprint density at radius 3 is 2.67 bits per heavy atom. The fourth-order valence-corrected chi connectivity index (χ4v) is 1.15. The molecular formula is C4H6NNaO2S. The molecule has 0 fully saturated rings. The van der Waals surface area contributed by atoms with Gasteiger partial charge in [0.15, 0.2) is 5.04 Å². The van der Waals surface area contributed by atoms with Crippen LogP contribution in [0.3, 0.4) is 0 Å². The Bertz CT molecular complexity index is 148. The fraction of sp³-hybridized carbons (Fsp3) is 0.500. The molecule has 1 heterocycles. The molecule has 1 rings (SSSR count).